The van der Waals surface area contributed by atoms with Crippen LogP contribution in [-0.4, -0.2) is 69.7 Å². The number of H-pyrrole nitrogens is 1. The van der Waals surface area contributed by atoms with Gasteiger partial charge in [-0.3, -0.25) is 14.5 Å². The lowest BCUT2D eigenvalue weighted by Crippen LogP contribution is -2.54. The van der Waals surface area contributed by atoms with E-state index in [1.807, 2.05) is 34.0 Å². The van der Waals surface area contributed by atoms with E-state index in [-0.39, 0.29) is 23.9 Å². The number of nitriles is 1. The zero-order chi connectivity index (χ0) is 22.3. The molecule has 0 saturated carbocycles. The first-order chi connectivity index (χ1) is 15.0. The topological polar surface area (TPSA) is 121 Å². The number of likely N-dealkylation sites (tertiary alicyclic amines) is 2. The Morgan fingerprint density at radius 3 is 2.74 bits per heavy atom. The van der Waals surface area contributed by atoms with Crippen LogP contribution in [-0.2, 0) is 22.6 Å². The van der Waals surface area contributed by atoms with Crippen LogP contribution in [0.3, 0.4) is 0 Å². The molecule has 4 rings (SSSR count). The van der Waals surface area contributed by atoms with Crippen molar-refractivity contribution in [3.63, 3.8) is 0 Å². The van der Waals surface area contributed by atoms with Crippen molar-refractivity contribution in [1.82, 2.24) is 14.8 Å². The predicted octanol–water partition coefficient (Wildman–Crippen LogP) is 2.07. The van der Waals surface area contributed by atoms with E-state index in [0.717, 1.165) is 56.6 Å². The Kier molecular flexibility index (Phi) is 7.85. The molecule has 0 bridgehead atoms. The van der Waals surface area contributed by atoms with Gasteiger partial charge in [0, 0.05) is 38.9 Å². The van der Waals surface area contributed by atoms with Crippen molar-refractivity contribution < 1.29 is 19.8 Å². The number of β-amino-alcohol motifs (C(OH)–C–C–N with tert-alkyl or cyclic N) is 1. The maximum atomic E-state index is 12.6. The highest BCUT2D eigenvalue weighted by molar-refractivity contribution is 7.08. The monoisotopic (exact) mass is 444 g/mol. The number of carboxylic acid groups (broad SMARTS) is 1. The highest BCUT2D eigenvalue weighted by Crippen LogP contribution is 2.40. The van der Waals surface area contributed by atoms with Crippen LogP contribution in [0.25, 0.3) is 0 Å². The van der Waals surface area contributed by atoms with Gasteiger partial charge >= 0.3 is 0 Å². The SMILES string of the molecule is N#Cc1cc(CN2CC(O)CC3(CCN(C(=O)Cc4ccsc4)CC3)C2)c[nH]1.O=CO. The summed E-state index contributed by atoms with van der Waals surface area (Å²) in [5.41, 5.74) is 2.81. The van der Waals surface area contributed by atoms with E-state index in [0.29, 0.717) is 18.7 Å². The fourth-order valence-corrected chi connectivity index (χ4v) is 5.38. The number of aromatic nitrogens is 1. The molecule has 8 nitrogen and oxygen atoms in total. The minimum atomic E-state index is -0.337. The molecule has 2 saturated heterocycles. The first-order valence-electron chi connectivity index (χ1n) is 10.3. The van der Waals surface area contributed by atoms with Gasteiger partial charge in [-0.2, -0.15) is 16.6 Å². The number of hydrogen-bond donors (Lipinski definition) is 3. The molecule has 9 heteroatoms. The van der Waals surface area contributed by atoms with Crippen molar-refractivity contribution in [2.24, 2.45) is 5.41 Å². The highest BCUT2D eigenvalue weighted by atomic mass is 32.1. The molecule has 0 aliphatic carbocycles. The standard InChI is InChI=1S/C21H26N4O2S.CH2O2/c22-10-18-7-17(11-23-18)12-24-13-19(26)9-21(15-24)2-4-25(5-3-21)20(27)8-16-1-6-28-14-16;2-1-3/h1,6-7,11,14,19,23,26H,2-5,8-9,12-13,15H2;1H,(H,2,3). The van der Waals surface area contributed by atoms with Gasteiger partial charge in [-0.05, 0) is 58.7 Å². The molecular formula is C22H28N4O4S. The average molecular weight is 445 g/mol. The number of thiophene rings is 1. The van der Waals surface area contributed by atoms with Crippen LogP contribution in [0.1, 0.15) is 36.1 Å². The van der Waals surface area contributed by atoms with Crippen LogP contribution in [0.5, 0.6) is 0 Å². The van der Waals surface area contributed by atoms with Gasteiger partial charge in [0.1, 0.15) is 11.8 Å². The highest BCUT2D eigenvalue weighted by Gasteiger charge is 2.42. The van der Waals surface area contributed by atoms with Crippen molar-refractivity contribution in [3.05, 3.63) is 45.9 Å². The zero-order valence-corrected chi connectivity index (χ0v) is 18.2. The number of aliphatic hydroxyl groups excluding tert-OH is 1. The van der Waals surface area contributed by atoms with Crippen LogP contribution >= 0.6 is 11.3 Å². The number of aliphatic hydroxyl groups is 1. The lowest BCUT2D eigenvalue weighted by molar-refractivity contribution is -0.134. The second kappa shape index (κ2) is 10.6. The second-order valence-electron chi connectivity index (χ2n) is 8.36. The van der Waals surface area contributed by atoms with Crippen molar-refractivity contribution >= 4 is 23.7 Å². The molecule has 31 heavy (non-hydrogen) atoms. The van der Waals surface area contributed by atoms with Gasteiger partial charge in [0.05, 0.1) is 12.5 Å². The van der Waals surface area contributed by atoms with Crippen molar-refractivity contribution in [3.8, 4) is 6.07 Å². The third-order valence-corrected chi connectivity index (χ3v) is 6.81. The van der Waals surface area contributed by atoms with E-state index >= 15 is 0 Å². The molecule has 2 aromatic heterocycles. The normalized spacial score (nSPS) is 20.5. The molecule has 3 N–H and O–H groups in total. The Hall–Kier alpha value is -2.67. The van der Waals surface area contributed by atoms with Crippen molar-refractivity contribution in [1.29, 1.82) is 5.26 Å². The summed E-state index contributed by atoms with van der Waals surface area (Å²) in [7, 11) is 0. The maximum absolute atomic E-state index is 12.6. The summed E-state index contributed by atoms with van der Waals surface area (Å²) in [4.78, 5) is 28.2. The van der Waals surface area contributed by atoms with Gasteiger partial charge in [0.25, 0.3) is 6.47 Å². The van der Waals surface area contributed by atoms with Crippen LogP contribution in [0.15, 0.2) is 29.1 Å². The predicted molar refractivity (Wildman–Crippen MR) is 116 cm³/mol. The Bertz CT molecular complexity index is 897. The van der Waals surface area contributed by atoms with Gasteiger partial charge in [-0.25, -0.2) is 0 Å². The maximum Gasteiger partial charge on any atom is 0.290 e. The third kappa shape index (κ3) is 6.17. The Labute approximate surface area is 185 Å². The molecule has 1 spiro atoms. The van der Waals surface area contributed by atoms with Gasteiger partial charge in [0.15, 0.2) is 0 Å². The summed E-state index contributed by atoms with van der Waals surface area (Å²) in [6.07, 6.45) is 4.71. The van der Waals surface area contributed by atoms with Crippen LogP contribution in [0.2, 0.25) is 0 Å². The molecule has 2 aliphatic heterocycles. The number of carbonyl (C=O) groups excluding carboxylic acids is 1. The molecule has 4 heterocycles. The molecule has 1 atom stereocenters. The van der Waals surface area contributed by atoms with Crippen molar-refractivity contribution in [2.75, 3.05) is 26.2 Å². The van der Waals surface area contributed by atoms with E-state index in [9.17, 15) is 9.90 Å². The minimum absolute atomic E-state index is 0.0746. The number of amides is 1. The molecule has 1 amide bonds. The second-order valence-corrected chi connectivity index (χ2v) is 9.14. The van der Waals surface area contributed by atoms with E-state index in [1.165, 1.54) is 0 Å². The van der Waals surface area contributed by atoms with Crippen molar-refractivity contribution in [2.45, 2.75) is 38.3 Å². The number of hydrogen-bond acceptors (Lipinski definition) is 6. The summed E-state index contributed by atoms with van der Waals surface area (Å²) in [5, 5.41) is 30.4. The quantitative estimate of drug-likeness (QED) is 0.621. The smallest absolute Gasteiger partial charge is 0.290 e. The number of rotatable bonds is 4. The third-order valence-electron chi connectivity index (χ3n) is 6.08. The largest absolute Gasteiger partial charge is 0.483 e. The van der Waals surface area contributed by atoms with Gasteiger partial charge in [-0.1, -0.05) is 0 Å². The summed E-state index contributed by atoms with van der Waals surface area (Å²) in [6, 6.07) is 6.01. The molecular weight excluding hydrogens is 416 g/mol. The van der Waals surface area contributed by atoms with Crippen LogP contribution in [0.4, 0.5) is 0 Å². The zero-order valence-electron chi connectivity index (χ0n) is 17.4. The first-order valence-corrected chi connectivity index (χ1v) is 11.3. The molecule has 1 unspecified atom stereocenters. The first kappa shape index (κ1) is 23.0. The summed E-state index contributed by atoms with van der Waals surface area (Å²) >= 11 is 1.63. The van der Waals surface area contributed by atoms with Gasteiger partial charge < -0.3 is 20.1 Å². The molecule has 2 fully saturated rings. The molecule has 166 valence electrons. The number of aromatic amines is 1. The van der Waals surface area contributed by atoms with E-state index in [4.69, 9.17) is 15.2 Å². The lowest BCUT2D eigenvalue weighted by Gasteiger charge is -2.49. The number of carbonyl (C=O) groups is 2. The Balaban J connectivity index is 0.000000858. The summed E-state index contributed by atoms with van der Waals surface area (Å²) < 4.78 is 0. The molecule has 0 aromatic carbocycles. The Morgan fingerprint density at radius 2 is 2.13 bits per heavy atom. The number of piperidine rings is 2. The van der Waals surface area contributed by atoms with E-state index < -0.39 is 0 Å². The molecule has 2 aliphatic rings. The van der Waals surface area contributed by atoms with E-state index in [2.05, 4.69) is 16.0 Å². The lowest BCUT2D eigenvalue weighted by atomic mass is 9.71. The summed E-state index contributed by atoms with van der Waals surface area (Å²) in [6.45, 7) is 3.62. The Morgan fingerprint density at radius 1 is 1.39 bits per heavy atom. The number of nitrogens with one attached hydrogen (secondary N) is 1. The van der Waals surface area contributed by atoms with E-state index in [1.54, 1.807) is 11.3 Å². The molecule has 2 aromatic rings. The fourth-order valence-electron chi connectivity index (χ4n) is 4.71. The number of nitrogens with zero attached hydrogens (tertiary/aromatic N) is 3. The fraction of sp³-hybridized carbons (Fsp3) is 0.500. The molecule has 0 radical (unpaired) electrons. The van der Waals surface area contributed by atoms with Crippen LogP contribution < -0.4 is 0 Å². The van der Waals surface area contributed by atoms with Gasteiger partial charge in [-0.15, -0.1) is 0 Å². The van der Waals surface area contributed by atoms with Crippen LogP contribution in [0, 0.1) is 16.7 Å². The summed E-state index contributed by atoms with van der Waals surface area (Å²) in [5.74, 6) is 0.206. The van der Waals surface area contributed by atoms with Gasteiger partial charge in [0.2, 0.25) is 5.91 Å². The average Bonchev–Trinajstić information content (AvgIpc) is 3.40. The minimum Gasteiger partial charge on any atom is -0.483 e.